The SMILES string of the molecule is Cc1nc(C(C)NCc2ncon2)cs1. The van der Waals surface area contributed by atoms with Gasteiger partial charge in [0.1, 0.15) is 0 Å². The standard InChI is InChI=1S/C9H12N4OS/c1-6(8-4-15-7(2)12-8)10-3-9-11-5-14-13-9/h4-6,10H,3H2,1-2H3. The summed E-state index contributed by atoms with van der Waals surface area (Å²) in [6.45, 7) is 4.66. The first kappa shape index (κ1) is 10.3. The first-order chi connectivity index (χ1) is 7.25. The van der Waals surface area contributed by atoms with Crippen molar-refractivity contribution in [2.75, 3.05) is 0 Å². The highest BCUT2D eigenvalue weighted by Gasteiger charge is 2.09. The van der Waals surface area contributed by atoms with E-state index >= 15 is 0 Å². The van der Waals surface area contributed by atoms with E-state index in [9.17, 15) is 0 Å². The van der Waals surface area contributed by atoms with Crippen molar-refractivity contribution in [3.05, 3.63) is 28.3 Å². The molecule has 5 nitrogen and oxygen atoms in total. The fraction of sp³-hybridized carbons (Fsp3) is 0.444. The van der Waals surface area contributed by atoms with Crippen LogP contribution in [0, 0.1) is 6.92 Å². The lowest BCUT2D eigenvalue weighted by atomic mass is 10.2. The third-order valence-corrected chi connectivity index (χ3v) is 2.85. The largest absolute Gasteiger partial charge is 0.343 e. The highest BCUT2D eigenvalue weighted by atomic mass is 32.1. The Kier molecular flexibility index (Phi) is 3.08. The van der Waals surface area contributed by atoms with Crippen molar-refractivity contribution < 1.29 is 4.52 Å². The molecular formula is C9H12N4OS. The van der Waals surface area contributed by atoms with Crippen LogP contribution in [0.4, 0.5) is 0 Å². The van der Waals surface area contributed by atoms with Crippen LogP contribution in [0.1, 0.15) is 29.5 Å². The zero-order valence-electron chi connectivity index (χ0n) is 8.60. The number of aryl methyl sites for hydroxylation is 1. The van der Waals surface area contributed by atoms with Crippen LogP contribution in [-0.2, 0) is 6.54 Å². The van der Waals surface area contributed by atoms with E-state index in [2.05, 4.69) is 37.3 Å². The first-order valence-electron chi connectivity index (χ1n) is 4.66. The monoisotopic (exact) mass is 224 g/mol. The second-order valence-corrected chi connectivity index (χ2v) is 4.30. The molecular weight excluding hydrogens is 212 g/mol. The summed E-state index contributed by atoms with van der Waals surface area (Å²) < 4.78 is 4.64. The first-order valence-corrected chi connectivity index (χ1v) is 5.54. The molecule has 0 aliphatic rings. The van der Waals surface area contributed by atoms with Crippen molar-refractivity contribution >= 4 is 11.3 Å². The highest BCUT2D eigenvalue weighted by molar-refractivity contribution is 7.09. The Morgan fingerprint density at radius 1 is 1.60 bits per heavy atom. The van der Waals surface area contributed by atoms with E-state index in [1.165, 1.54) is 6.39 Å². The Bertz CT molecular complexity index is 411. The third kappa shape index (κ3) is 2.60. The van der Waals surface area contributed by atoms with Crippen LogP contribution in [0.3, 0.4) is 0 Å². The Balaban J connectivity index is 1.90. The van der Waals surface area contributed by atoms with Gasteiger partial charge in [0.2, 0.25) is 6.39 Å². The van der Waals surface area contributed by atoms with Crippen LogP contribution in [0.15, 0.2) is 16.3 Å². The van der Waals surface area contributed by atoms with E-state index in [1.807, 2.05) is 6.92 Å². The molecule has 2 rings (SSSR count). The third-order valence-electron chi connectivity index (χ3n) is 2.05. The average Bonchev–Trinajstić information content (AvgIpc) is 2.84. The summed E-state index contributed by atoms with van der Waals surface area (Å²) in [7, 11) is 0. The molecule has 0 radical (unpaired) electrons. The summed E-state index contributed by atoms with van der Waals surface area (Å²) >= 11 is 1.66. The molecule has 0 aliphatic heterocycles. The van der Waals surface area contributed by atoms with Gasteiger partial charge in [-0.1, -0.05) is 5.16 Å². The summed E-state index contributed by atoms with van der Waals surface area (Å²) in [5.74, 6) is 0.661. The van der Waals surface area contributed by atoms with Crippen molar-refractivity contribution in [3.8, 4) is 0 Å². The van der Waals surface area contributed by atoms with Gasteiger partial charge in [-0.2, -0.15) is 4.98 Å². The fourth-order valence-corrected chi connectivity index (χ4v) is 1.90. The summed E-state index contributed by atoms with van der Waals surface area (Å²) in [6.07, 6.45) is 1.33. The Labute approximate surface area is 91.5 Å². The molecule has 80 valence electrons. The predicted molar refractivity (Wildman–Crippen MR) is 56.4 cm³/mol. The van der Waals surface area contributed by atoms with Crippen LogP contribution in [0.5, 0.6) is 0 Å². The molecule has 0 amide bonds. The van der Waals surface area contributed by atoms with E-state index in [0.29, 0.717) is 12.4 Å². The summed E-state index contributed by atoms with van der Waals surface area (Å²) in [4.78, 5) is 8.33. The minimum absolute atomic E-state index is 0.202. The number of hydrogen-bond donors (Lipinski definition) is 1. The molecule has 1 unspecified atom stereocenters. The number of aromatic nitrogens is 3. The van der Waals surface area contributed by atoms with Crippen LogP contribution < -0.4 is 5.32 Å². The van der Waals surface area contributed by atoms with Gasteiger partial charge in [0.15, 0.2) is 5.82 Å². The lowest BCUT2D eigenvalue weighted by Crippen LogP contribution is -2.19. The molecule has 2 aromatic heterocycles. The van der Waals surface area contributed by atoms with Crippen molar-refractivity contribution in [1.29, 1.82) is 0 Å². The molecule has 2 heterocycles. The van der Waals surface area contributed by atoms with Crippen molar-refractivity contribution in [2.24, 2.45) is 0 Å². The molecule has 2 aromatic rings. The number of rotatable bonds is 4. The molecule has 0 saturated carbocycles. The van der Waals surface area contributed by atoms with Crippen molar-refractivity contribution in [2.45, 2.75) is 26.4 Å². The van der Waals surface area contributed by atoms with Gasteiger partial charge in [-0.15, -0.1) is 11.3 Å². The minimum atomic E-state index is 0.202. The summed E-state index contributed by atoms with van der Waals surface area (Å²) in [5, 5.41) is 10.1. The van der Waals surface area contributed by atoms with Gasteiger partial charge in [-0.25, -0.2) is 4.98 Å². The number of hydrogen-bond acceptors (Lipinski definition) is 6. The van der Waals surface area contributed by atoms with Crippen LogP contribution >= 0.6 is 11.3 Å². The minimum Gasteiger partial charge on any atom is -0.343 e. The Hall–Kier alpha value is -1.27. The molecule has 15 heavy (non-hydrogen) atoms. The second kappa shape index (κ2) is 4.50. The predicted octanol–water partition coefficient (Wildman–Crippen LogP) is 1.69. The fourth-order valence-electron chi connectivity index (χ4n) is 1.20. The number of nitrogens with one attached hydrogen (secondary N) is 1. The maximum Gasteiger partial charge on any atom is 0.213 e. The van der Waals surface area contributed by atoms with E-state index < -0.39 is 0 Å². The molecule has 0 spiro atoms. The molecule has 1 N–H and O–H groups in total. The zero-order valence-corrected chi connectivity index (χ0v) is 9.41. The molecule has 6 heteroatoms. The van der Waals surface area contributed by atoms with E-state index in [0.717, 1.165) is 10.7 Å². The molecule has 0 aliphatic carbocycles. The zero-order chi connectivity index (χ0) is 10.7. The molecule has 0 fully saturated rings. The van der Waals surface area contributed by atoms with Gasteiger partial charge < -0.3 is 9.84 Å². The molecule has 0 saturated heterocycles. The van der Waals surface area contributed by atoms with E-state index in [1.54, 1.807) is 11.3 Å². The van der Waals surface area contributed by atoms with Gasteiger partial charge in [-0.05, 0) is 13.8 Å². The lowest BCUT2D eigenvalue weighted by molar-refractivity contribution is 0.404. The smallest absolute Gasteiger partial charge is 0.213 e. The van der Waals surface area contributed by atoms with Gasteiger partial charge in [0.05, 0.1) is 17.2 Å². The Morgan fingerprint density at radius 2 is 2.47 bits per heavy atom. The molecule has 0 aromatic carbocycles. The average molecular weight is 224 g/mol. The summed E-state index contributed by atoms with van der Waals surface area (Å²) in [5.41, 5.74) is 1.06. The highest BCUT2D eigenvalue weighted by Crippen LogP contribution is 2.15. The second-order valence-electron chi connectivity index (χ2n) is 3.24. The normalized spacial score (nSPS) is 12.9. The van der Waals surface area contributed by atoms with E-state index in [4.69, 9.17) is 0 Å². The van der Waals surface area contributed by atoms with Gasteiger partial charge >= 0.3 is 0 Å². The summed E-state index contributed by atoms with van der Waals surface area (Å²) in [6, 6.07) is 0.202. The van der Waals surface area contributed by atoms with Crippen molar-refractivity contribution in [3.63, 3.8) is 0 Å². The Morgan fingerprint density at radius 3 is 3.07 bits per heavy atom. The van der Waals surface area contributed by atoms with E-state index in [-0.39, 0.29) is 6.04 Å². The number of nitrogens with zero attached hydrogens (tertiary/aromatic N) is 3. The van der Waals surface area contributed by atoms with Gasteiger partial charge in [-0.3, -0.25) is 0 Å². The lowest BCUT2D eigenvalue weighted by Gasteiger charge is -2.08. The maximum atomic E-state index is 4.64. The van der Waals surface area contributed by atoms with Crippen molar-refractivity contribution in [1.82, 2.24) is 20.4 Å². The van der Waals surface area contributed by atoms with Crippen LogP contribution in [0.2, 0.25) is 0 Å². The number of thiazole rings is 1. The van der Waals surface area contributed by atoms with Gasteiger partial charge in [0.25, 0.3) is 0 Å². The topological polar surface area (TPSA) is 63.8 Å². The molecule has 0 bridgehead atoms. The van der Waals surface area contributed by atoms with Gasteiger partial charge in [0, 0.05) is 11.4 Å². The molecule has 1 atom stereocenters. The quantitative estimate of drug-likeness (QED) is 0.856. The van der Waals surface area contributed by atoms with Crippen LogP contribution in [0.25, 0.3) is 0 Å². The maximum absolute atomic E-state index is 4.64. The van der Waals surface area contributed by atoms with Crippen LogP contribution in [-0.4, -0.2) is 15.1 Å².